The predicted molar refractivity (Wildman–Crippen MR) is 245 cm³/mol. The van der Waals surface area contributed by atoms with Gasteiger partial charge in [0.1, 0.15) is 11.2 Å². The molecule has 0 atom stereocenters. The van der Waals surface area contributed by atoms with Crippen LogP contribution in [0.4, 0.5) is 17.1 Å². The van der Waals surface area contributed by atoms with Crippen molar-refractivity contribution in [1.29, 1.82) is 0 Å². The van der Waals surface area contributed by atoms with E-state index in [2.05, 4.69) is 223 Å². The van der Waals surface area contributed by atoms with Crippen molar-refractivity contribution in [3.63, 3.8) is 0 Å². The molecule has 0 amide bonds. The first-order valence-electron chi connectivity index (χ1n) is 19.6. The third kappa shape index (κ3) is 5.39. The predicted octanol–water partition coefficient (Wildman–Crippen LogP) is 11.9. The Morgan fingerprint density at radius 2 is 0.754 bits per heavy atom. The fourth-order valence-corrected chi connectivity index (χ4v) is 13.9. The molecule has 0 aliphatic heterocycles. The molecular weight excluding hydrogens is 707 g/mol. The van der Waals surface area contributed by atoms with Crippen molar-refractivity contribution in [2.45, 2.75) is 0 Å². The number of fused-ring (bicyclic) bond motifs is 8. The lowest BCUT2D eigenvalue weighted by molar-refractivity contribution is 0.672. The smallest absolute Gasteiger partial charge is 0.179 e. The Bertz CT molecular complexity index is 3130. The van der Waals surface area contributed by atoms with Gasteiger partial charge in [-0.15, -0.1) is 0 Å². The van der Waals surface area contributed by atoms with Gasteiger partial charge in [-0.2, -0.15) is 0 Å². The first-order chi connectivity index (χ1) is 28.3. The first-order valence-corrected chi connectivity index (χ1v) is 21.6. The standard InChI is InChI=1S/C54H37NOSi/c1-4-15-44(16-5-1)57(45-17-6-2-7-18-45,46-19-8-3-9-20-46)47-32-29-41(30-33-47)55(42-31-35-49-40(36-42)25-24-38-14-10-11-21-48(38)49)43-28-26-39-27-34-51-50-22-12-13-23-53(50)56-54(51)52(39)37-43/h1-37H. The van der Waals surface area contributed by atoms with Gasteiger partial charge in [-0.25, -0.2) is 0 Å². The number of nitrogens with zero attached hydrogens (tertiary/aromatic N) is 1. The van der Waals surface area contributed by atoms with E-state index < -0.39 is 8.07 Å². The molecule has 0 spiro atoms. The zero-order valence-corrected chi connectivity index (χ0v) is 32.2. The zero-order valence-electron chi connectivity index (χ0n) is 31.2. The molecule has 11 aromatic rings. The van der Waals surface area contributed by atoms with Gasteiger partial charge < -0.3 is 9.32 Å². The lowest BCUT2D eigenvalue weighted by atomic mass is 10.0. The third-order valence-electron chi connectivity index (χ3n) is 11.8. The Labute approximate surface area is 332 Å². The highest BCUT2D eigenvalue weighted by Crippen LogP contribution is 2.41. The molecule has 3 heteroatoms. The number of anilines is 3. The summed E-state index contributed by atoms with van der Waals surface area (Å²) in [4.78, 5) is 2.40. The quantitative estimate of drug-likeness (QED) is 0.0918. The summed E-state index contributed by atoms with van der Waals surface area (Å²) in [6.45, 7) is 0. The Morgan fingerprint density at radius 1 is 0.298 bits per heavy atom. The van der Waals surface area contributed by atoms with Gasteiger partial charge in [-0.1, -0.05) is 176 Å². The van der Waals surface area contributed by atoms with Crippen LogP contribution in [0.3, 0.4) is 0 Å². The molecule has 1 aromatic heterocycles. The Balaban J connectivity index is 1.13. The highest BCUT2D eigenvalue weighted by molar-refractivity contribution is 7.19. The zero-order chi connectivity index (χ0) is 37.8. The lowest BCUT2D eigenvalue weighted by Gasteiger charge is -2.35. The van der Waals surface area contributed by atoms with Crippen LogP contribution >= 0.6 is 0 Å². The summed E-state index contributed by atoms with van der Waals surface area (Å²) in [6.07, 6.45) is 0. The summed E-state index contributed by atoms with van der Waals surface area (Å²) in [5.41, 5.74) is 5.08. The average Bonchev–Trinajstić information content (AvgIpc) is 3.68. The van der Waals surface area contributed by atoms with Crippen LogP contribution in [0.1, 0.15) is 0 Å². The number of rotatable bonds is 7. The van der Waals surface area contributed by atoms with Crippen molar-refractivity contribution >= 4 is 100 Å². The second-order valence-corrected chi connectivity index (χ2v) is 18.7. The minimum absolute atomic E-state index is 0.905. The van der Waals surface area contributed by atoms with Gasteiger partial charge in [-0.3, -0.25) is 0 Å². The molecular formula is C54H37NOSi. The van der Waals surface area contributed by atoms with Crippen molar-refractivity contribution < 1.29 is 4.42 Å². The van der Waals surface area contributed by atoms with Crippen molar-refractivity contribution in [3.8, 4) is 0 Å². The number of furan rings is 1. The van der Waals surface area contributed by atoms with Gasteiger partial charge in [0.05, 0.1) is 0 Å². The molecule has 0 saturated heterocycles. The summed E-state index contributed by atoms with van der Waals surface area (Å²) in [5.74, 6) is 0. The van der Waals surface area contributed by atoms with Crippen LogP contribution in [0.25, 0.3) is 54.3 Å². The number of hydrogen-bond acceptors (Lipinski definition) is 2. The fourth-order valence-electron chi connectivity index (χ4n) is 9.14. The second kappa shape index (κ2) is 13.5. The van der Waals surface area contributed by atoms with Gasteiger partial charge in [-0.05, 0) is 96.2 Å². The van der Waals surface area contributed by atoms with E-state index in [1.165, 1.54) is 42.3 Å². The third-order valence-corrected chi connectivity index (χ3v) is 16.6. The van der Waals surface area contributed by atoms with E-state index >= 15 is 0 Å². The van der Waals surface area contributed by atoms with Crippen LogP contribution in [0.2, 0.25) is 0 Å². The highest BCUT2D eigenvalue weighted by atomic mass is 28.3. The summed E-state index contributed by atoms with van der Waals surface area (Å²) in [7, 11) is -2.69. The van der Waals surface area contributed by atoms with E-state index in [-0.39, 0.29) is 0 Å². The van der Waals surface area contributed by atoms with E-state index in [4.69, 9.17) is 4.42 Å². The molecule has 1 heterocycles. The monoisotopic (exact) mass is 743 g/mol. The first kappa shape index (κ1) is 33.2. The van der Waals surface area contributed by atoms with Crippen LogP contribution < -0.4 is 25.6 Å². The van der Waals surface area contributed by atoms with E-state index in [0.717, 1.165) is 49.8 Å². The second-order valence-electron chi connectivity index (χ2n) is 14.9. The van der Waals surface area contributed by atoms with Gasteiger partial charge in [0.25, 0.3) is 0 Å². The number of para-hydroxylation sites is 1. The van der Waals surface area contributed by atoms with Gasteiger partial charge in [0.15, 0.2) is 8.07 Å². The van der Waals surface area contributed by atoms with E-state index in [1.807, 2.05) is 6.07 Å². The molecule has 0 radical (unpaired) electrons. The van der Waals surface area contributed by atoms with E-state index in [0.29, 0.717) is 0 Å². The molecule has 0 aliphatic carbocycles. The van der Waals surface area contributed by atoms with Crippen molar-refractivity contribution in [3.05, 3.63) is 224 Å². The largest absolute Gasteiger partial charge is 0.455 e. The molecule has 0 bridgehead atoms. The topological polar surface area (TPSA) is 16.4 Å². The van der Waals surface area contributed by atoms with Gasteiger partial charge in [0, 0.05) is 33.2 Å². The summed E-state index contributed by atoms with van der Waals surface area (Å²) in [5, 5.41) is 14.9. The molecule has 2 nitrogen and oxygen atoms in total. The molecule has 0 unspecified atom stereocenters. The Hall–Kier alpha value is -7.20. The maximum Gasteiger partial charge on any atom is 0.179 e. The molecule has 0 N–H and O–H groups in total. The average molecular weight is 744 g/mol. The van der Waals surface area contributed by atoms with Crippen molar-refractivity contribution in [2.24, 2.45) is 0 Å². The molecule has 268 valence electrons. The summed E-state index contributed by atoms with van der Waals surface area (Å²) < 4.78 is 6.58. The van der Waals surface area contributed by atoms with Crippen LogP contribution in [-0.4, -0.2) is 8.07 Å². The lowest BCUT2D eigenvalue weighted by Crippen LogP contribution is -2.74. The van der Waals surface area contributed by atoms with Crippen molar-refractivity contribution in [1.82, 2.24) is 0 Å². The molecule has 57 heavy (non-hydrogen) atoms. The van der Waals surface area contributed by atoms with Crippen LogP contribution in [0, 0.1) is 0 Å². The van der Waals surface area contributed by atoms with Gasteiger partial charge >= 0.3 is 0 Å². The van der Waals surface area contributed by atoms with E-state index in [1.54, 1.807) is 0 Å². The normalized spacial score (nSPS) is 11.9. The number of benzene rings is 10. The molecule has 0 saturated carbocycles. The summed E-state index contributed by atoms with van der Waals surface area (Å²) >= 11 is 0. The summed E-state index contributed by atoms with van der Waals surface area (Å²) in [6, 6.07) is 82.3. The maximum absolute atomic E-state index is 6.58. The minimum atomic E-state index is -2.69. The SMILES string of the molecule is c1ccc([Si](c2ccccc2)(c2ccccc2)c2ccc(N(c3ccc4c(ccc5ccccc54)c3)c3ccc4ccc5c6ccccc6oc5c4c3)cc2)cc1. The van der Waals surface area contributed by atoms with E-state index in [9.17, 15) is 0 Å². The Morgan fingerprint density at radius 3 is 1.46 bits per heavy atom. The number of hydrogen-bond donors (Lipinski definition) is 0. The Kier molecular flexibility index (Phi) is 7.87. The van der Waals surface area contributed by atoms with Crippen LogP contribution in [-0.2, 0) is 0 Å². The highest BCUT2D eigenvalue weighted by Gasteiger charge is 2.41. The van der Waals surface area contributed by atoms with Crippen LogP contribution in [0.15, 0.2) is 229 Å². The maximum atomic E-state index is 6.58. The van der Waals surface area contributed by atoms with Crippen molar-refractivity contribution in [2.75, 3.05) is 4.90 Å². The van der Waals surface area contributed by atoms with Gasteiger partial charge in [0.2, 0.25) is 0 Å². The minimum Gasteiger partial charge on any atom is -0.455 e. The molecule has 0 fully saturated rings. The molecule has 0 aliphatic rings. The van der Waals surface area contributed by atoms with Crippen LogP contribution in [0.5, 0.6) is 0 Å². The molecule has 11 rings (SSSR count). The molecule has 10 aromatic carbocycles. The fraction of sp³-hybridized carbons (Fsp3) is 0.